The number of nitrogens with one attached hydrogen (secondary N) is 1. The van der Waals surface area contributed by atoms with Gasteiger partial charge in [0.05, 0.1) is 0 Å². The average Bonchev–Trinajstić information content (AvgIpc) is 2.46. The highest BCUT2D eigenvalue weighted by Crippen LogP contribution is 2.27. The summed E-state index contributed by atoms with van der Waals surface area (Å²) < 4.78 is 0. The van der Waals surface area contributed by atoms with E-state index in [-0.39, 0.29) is 0 Å². The van der Waals surface area contributed by atoms with Crippen molar-refractivity contribution in [3.05, 3.63) is 11.9 Å². The standard InChI is InChI=1S/C13H22N4O/c1-3-11-12(14-2)15-9-16-13(11)17-6-4-10(8-18)5-7-17/h9-10,18H,3-8H2,1-2H3,(H,14,15,16). The smallest absolute Gasteiger partial charge is 0.137 e. The first-order valence-corrected chi connectivity index (χ1v) is 6.67. The van der Waals surface area contributed by atoms with Crippen LogP contribution in [0.1, 0.15) is 25.3 Å². The minimum atomic E-state index is 0.306. The first-order valence-electron chi connectivity index (χ1n) is 6.67. The van der Waals surface area contributed by atoms with Gasteiger partial charge in [-0.25, -0.2) is 9.97 Å². The summed E-state index contributed by atoms with van der Waals surface area (Å²) in [5.74, 6) is 2.43. The van der Waals surface area contributed by atoms with E-state index in [1.807, 2.05) is 7.05 Å². The zero-order valence-electron chi connectivity index (χ0n) is 11.2. The highest BCUT2D eigenvalue weighted by molar-refractivity contribution is 5.58. The lowest BCUT2D eigenvalue weighted by Gasteiger charge is -2.33. The highest BCUT2D eigenvalue weighted by atomic mass is 16.3. The second-order valence-corrected chi connectivity index (χ2v) is 4.74. The molecule has 0 aromatic carbocycles. The summed E-state index contributed by atoms with van der Waals surface area (Å²) in [6.07, 6.45) is 4.63. The van der Waals surface area contributed by atoms with E-state index in [1.165, 1.54) is 5.56 Å². The molecule has 5 nitrogen and oxygen atoms in total. The Balaban J connectivity index is 2.18. The highest BCUT2D eigenvalue weighted by Gasteiger charge is 2.22. The van der Waals surface area contributed by atoms with Crippen LogP contribution in [0.2, 0.25) is 0 Å². The Morgan fingerprint density at radius 2 is 2.11 bits per heavy atom. The molecule has 1 aliphatic heterocycles. The number of aliphatic hydroxyl groups excluding tert-OH is 1. The van der Waals surface area contributed by atoms with E-state index >= 15 is 0 Å². The Hall–Kier alpha value is -1.36. The molecule has 0 radical (unpaired) electrons. The van der Waals surface area contributed by atoms with Crippen LogP contribution >= 0.6 is 0 Å². The fraction of sp³-hybridized carbons (Fsp3) is 0.692. The maximum Gasteiger partial charge on any atom is 0.137 e. The first kappa shape index (κ1) is 13.1. The van der Waals surface area contributed by atoms with Gasteiger partial charge in [0.25, 0.3) is 0 Å². The molecule has 1 aromatic heterocycles. The molecule has 1 saturated heterocycles. The fourth-order valence-corrected chi connectivity index (χ4v) is 2.54. The van der Waals surface area contributed by atoms with Gasteiger partial charge in [-0.1, -0.05) is 6.92 Å². The quantitative estimate of drug-likeness (QED) is 0.843. The molecular formula is C13H22N4O. The van der Waals surface area contributed by atoms with Crippen LogP contribution in [0.5, 0.6) is 0 Å². The van der Waals surface area contributed by atoms with Gasteiger partial charge in [-0.15, -0.1) is 0 Å². The molecule has 1 aromatic rings. The van der Waals surface area contributed by atoms with E-state index < -0.39 is 0 Å². The summed E-state index contributed by atoms with van der Waals surface area (Å²) in [4.78, 5) is 11.0. The van der Waals surface area contributed by atoms with Crippen LogP contribution in [0.4, 0.5) is 11.6 Å². The lowest BCUT2D eigenvalue weighted by molar-refractivity contribution is 0.202. The van der Waals surface area contributed by atoms with Crippen molar-refractivity contribution < 1.29 is 5.11 Å². The van der Waals surface area contributed by atoms with Crippen LogP contribution < -0.4 is 10.2 Å². The van der Waals surface area contributed by atoms with Gasteiger partial charge in [-0.3, -0.25) is 0 Å². The zero-order valence-corrected chi connectivity index (χ0v) is 11.2. The molecule has 0 spiro atoms. The van der Waals surface area contributed by atoms with Crippen molar-refractivity contribution in [3.8, 4) is 0 Å². The Labute approximate surface area is 108 Å². The molecular weight excluding hydrogens is 228 g/mol. The van der Waals surface area contributed by atoms with Gasteiger partial charge in [0.15, 0.2) is 0 Å². The summed E-state index contributed by atoms with van der Waals surface area (Å²) >= 11 is 0. The average molecular weight is 250 g/mol. The summed E-state index contributed by atoms with van der Waals surface area (Å²) in [5, 5.41) is 12.3. The molecule has 1 aliphatic rings. The predicted octanol–water partition coefficient (Wildman–Crippen LogP) is 1.29. The van der Waals surface area contributed by atoms with E-state index in [0.29, 0.717) is 12.5 Å². The lowest BCUT2D eigenvalue weighted by atomic mass is 9.97. The van der Waals surface area contributed by atoms with Crippen LogP contribution in [0.25, 0.3) is 0 Å². The first-order chi connectivity index (χ1) is 8.80. The van der Waals surface area contributed by atoms with Crippen LogP contribution in [0.3, 0.4) is 0 Å². The molecule has 2 N–H and O–H groups in total. The Kier molecular flexibility index (Phi) is 4.36. The minimum Gasteiger partial charge on any atom is -0.396 e. The van der Waals surface area contributed by atoms with Gasteiger partial charge < -0.3 is 15.3 Å². The van der Waals surface area contributed by atoms with E-state index in [4.69, 9.17) is 0 Å². The number of aliphatic hydroxyl groups is 1. The topological polar surface area (TPSA) is 61.3 Å². The third-order valence-corrected chi connectivity index (χ3v) is 3.69. The summed E-state index contributed by atoms with van der Waals surface area (Å²) in [5.41, 5.74) is 1.18. The predicted molar refractivity (Wildman–Crippen MR) is 73.0 cm³/mol. The normalized spacial score (nSPS) is 16.9. The van der Waals surface area contributed by atoms with Gasteiger partial charge in [0.2, 0.25) is 0 Å². The van der Waals surface area contributed by atoms with Crippen molar-refractivity contribution in [1.82, 2.24) is 9.97 Å². The summed E-state index contributed by atoms with van der Waals surface area (Å²) in [6.45, 7) is 4.38. The molecule has 1 fully saturated rings. The van der Waals surface area contributed by atoms with Crippen LogP contribution in [-0.4, -0.2) is 41.8 Å². The monoisotopic (exact) mass is 250 g/mol. The molecule has 0 bridgehead atoms. The van der Waals surface area contributed by atoms with Gasteiger partial charge in [-0.2, -0.15) is 0 Å². The molecule has 100 valence electrons. The van der Waals surface area contributed by atoms with Crippen molar-refractivity contribution in [2.75, 3.05) is 37.0 Å². The van der Waals surface area contributed by atoms with Crippen molar-refractivity contribution in [3.63, 3.8) is 0 Å². The third kappa shape index (κ3) is 2.56. The molecule has 5 heteroatoms. The number of hydrogen-bond acceptors (Lipinski definition) is 5. The Bertz CT molecular complexity index is 389. The van der Waals surface area contributed by atoms with Crippen LogP contribution in [0.15, 0.2) is 6.33 Å². The molecule has 2 rings (SSSR count). The van der Waals surface area contributed by atoms with E-state index in [2.05, 4.69) is 27.1 Å². The van der Waals surface area contributed by atoms with E-state index in [1.54, 1.807) is 6.33 Å². The molecule has 0 aliphatic carbocycles. The number of nitrogens with zero attached hydrogens (tertiary/aromatic N) is 3. The number of aromatic nitrogens is 2. The van der Waals surface area contributed by atoms with Crippen LogP contribution in [0, 0.1) is 5.92 Å². The minimum absolute atomic E-state index is 0.306. The zero-order chi connectivity index (χ0) is 13.0. The SMILES string of the molecule is CCc1c(NC)ncnc1N1CCC(CO)CC1. The summed E-state index contributed by atoms with van der Waals surface area (Å²) in [6, 6.07) is 0. The van der Waals surface area contributed by atoms with Gasteiger partial charge in [-0.05, 0) is 25.2 Å². The fourth-order valence-electron chi connectivity index (χ4n) is 2.54. The van der Waals surface area contributed by atoms with Gasteiger partial charge >= 0.3 is 0 Å². The Morgan fingerprint density at radius 1 is 1.39 bits per heavy atom. The van der Waals surface area contributed by atoms with Gasteiger partial charge in [0, 0.05) is 32.3 Å². The molecule has 18 heavy (non-hydrogen) atoms. The summed E-state index contributed by atoms with van der Waals surface area (Å²) in [7, 11) is 1.89. The maximum absolute atomic E-state index is 9.18. The van der Waals surface area contributed by atoms with Crippen molar-refractivity contribution in [2.24, 2.45) is 5.92 Å². The van der Waals surface area contributed by atoms with Crippen molar-refractivity contribution in [1.29, 1.82) is 0 Å². The van der Waals surface area contributed by atoms with E-state index in [9.17, 15) is 5.11 Å². The van der Waals surface area contributed by atoms with Crippen molar-refractivity contribution >= 4 is 11.6 Å². The second-order valence-electron chi connectivity index (χ2n) is 4.74. The molecule has 0 amide bonds. The molecule has 0 saturated carbocycles. The number of rotatable bonds is 4. The van der Waals surface area contributed by atoms with Crippen molar-refractivity contribution in [2.45, 2.75) is 26.2 Å². The molecule has 2 heterocycles. The second kappa shape index (κ2) is 6.00. The maximum atomic E-state index is 9.18. The van der Waals surface area contributed by atoms with Crippen LogP contribution in [-0.2, 0) is 6.42 Å². The number of hydrogen-bond donors (Lipinski definition) is 2. The molecule has 0 atom stereocenters. The molecule has 0 unspecified atom stereocenters. The lowest BCUT2D eigenvalue weighted by Crippen LogP contribution is -2.36. The Morgan fingerprint density at radius 3 is 2.67 bits per heavy atom. The third-order valence-electron chi connectivity index (χ3n) is 3.69. The van der Waals surface area contributed by atoms with E-state index in [0.717, 1.165) is 44.0 Å². The number of anilines is 2. The number of piperidine rings is 1. The largest absolute Gasteiger partial charge is 0.396 e. The van der Waals surface area contributed by atoms with Gasteiger partial charge in [0.1, 0.15) is 18.0 Å².